The lowest BCUT2D eigenvalue weighted by Gasteiger charge is -2.28. The summed E-state index contributed by atoms with van der Waals surface area (Å²) >= 11 is 3.37. The molecule has 1 aliphatic heterocycles. The third-order valence-corrected chi connectivity index (χ3v) is 7.41. The van der Waals surface area contributed by atoms with E-state index in [-0.39, 0.29) is 41.4 Å². The molecule has 0 unspecified atom stereocenters. The third-order valence-electron chi connectivity index (χ3n) is 6.92. The maximum absolute atomic E-state index is 13.1. The number of fused-ring (bicyclic) bond motifs is 5. The smallest absolute Gasteiger partial charge is 0.330 e. The zero-order valence-electron chi connectivity index (χ0n) is 17.9. The average molecular weight is 491 g/mol. The molecule has 1 aromatic rings. The van der Waals surface area contributed by atoms with Crippen molar-refractivity contribution in [1.29, 1.82) is 0 Å². The molecule has 1 saturated heterocycles. The highest BCUT2D eigenvalue weighted by molar-refractivity contribution is 9.10. The van der Waals surface area contributed by atoms with Crippen molar-refractivity contribution in [2.24, 2.45) is 29.6 Å². The number of anilines is 1. The van der Waals surface area contributed by atoms with E-state index in [9.17, 15) is 19.2 Å². The summed E-state index contributed by atoms with van der Waals surface area (Å²) in [7, 11) is 0. The number of hydrogen-bond acceptors (Lipinski definition) is 5. The molecular formula is C23H27BrN2O5. The van der Waals surface area contributed by atoms with Crippen LogP contribution in [0.4, 0.5) is 5.69 Å². The van der Waals surface area contributed by atoms with Crippen molar-refractivity contribution in [3.05, 3.63) is 28.2 Å². The molecule has 166 valence electrons. The number of nitrogens with zero attached hydrogens (tertiary/aromatic N) is 1. The zero-order valence-corrected chi connectivity index (χ0v) is 19.5. The Morgan fingerprint density at radius 3 is 2.32 bits per heavy atom. The number of esters is 1. The van der Waals surface area contributed by atoms with Gasteiger partial charge in [-0.3, -0.25) is 19.3 Å². The van der Waals surface area contributed by atoms with Gasteiger partial charge in [0.05, 0.1) is 11.8 Å². The fourth-order valence-electron chi connectivity index (χ4n) is 5.56. The van der Waals surface area contributed by atoms with Crippen LogP contribution in [0.2, 0.25) is 0 Å². The van der Waals surface area contributed by atoms with Crippen molar-refractivity contribution < 1.29 is 23.9 Å². The van der Waals surface area contributed by atoms with Gasteiger partial charge in [0, 0.05) is 10.2 Å². The largest absolute Gasteiger partial charge is 0.454 e. The van der Waals surface area contributed by atoms with Crippen molar-refractivity contribution in [2.75, 3.05) is 11.9 Å². The molecule has 2 bridgehead atoms. The first-order valence-corrected chi connectivity index (χ1v) is 11.6. The number of hydrogen-bond donors (Lipinski definition) is 1. The van der Waals surface area contributed by atoms with Gasteiger partial charge in [-0.15, -0.1) is 0 Å². The zero-order chi connectivity index (χ0) is 22.4. The van der Waals surface area contributed by atoms with E-state index in [0.717, 1.165) is 34.2 Å². The van der Waals surface area contributed by atoms with Gasteiger partial charge in [-0.25, -0.2) is 4.79 Å². The maximum atomic E-state index is 13.1. The number of carbonyl (C=O) groups is 4. The summed E-state index contributed by atoms with van der Waals surface area (Å²) in [5, 5.41) is 2.72. The van der Waals surface area contributed by atoms with E-state index in [0.29, 0.717) is 5.69 Å². The Morgan fingerprint density at radius 1 is 1.16 bits per heavy atom. The van der Waals surface area contributed by atoms with Gasteiger partial charge < -0.3 is 10.1 Å². The molecule has 3 amide bonds. The predicted molar refractivity (Wildman–Crippen MR) is 117 cm³/mol. The number of aryl methyl sites for hydroxylation is 1. The first kappa shape index (κ1) is 22.0. The standard InChI is InChI=1S/C23H27BrN2O5/c1-11(2)20(26-21(28)18-13-4-5-14(9-13)19(18)22(26)29)23(30)31-10-17(27)25-16-7-6-15(24)8-12(16)3/h6-8,11,13-14,18-20H,4-5,9-10H2,1-3H3,(H,25,27)/t13-,14-,18-,19-,20-/m0/s1. The van der Waals surface area contributed by atoms with E-state index in [1.165, 1.54) is 0 Å². The molecule has 1 aromatic carbocycles. The molecule has 3 aliphatic rings. The van der Waals surface area contributed by atoms with Gasteiger partial charge in [0.15, 0.2) is 6.61 Å². The third kappa shape index (κ3) is 3.90. The van der Waals surface area contributed by atoms with E-state index in [2.05, 4.69) is 21.2 Å². The van der Waals surface area contributed by atoms with Crippen LogP contribution in [0.1, 0.15) is 38.7 Å². The Hall–Kier alpha value is -2.22. The van der Waals surface area contributed by atoms with Gasteiger partial charge in [-0.2, -0.15) is 0 Å². The highest BCUT2D eigenvalue weighted by atomic mass is 79.9. The summed E-state index contributed by atoms with van der Waals surface area (Å²) in [6.07, 6.45) is 2.89. The lowest BCUT2D eigenvalue weighted by molar-refractivity contribution is -0.162. The Morgan fingerprint density at radius 2 is 1.77 bits per heavy atom. The Labute approximate surface area is 190 Å². The molecule has 31 heavy (non-hydrogen) atoms. The summed E-state index contributed by atoms with van der Waals surface area (Å²) in [5.41, 5.74) is 1.49. The maximum Gasteiger partial charge on any atom is 0.330 e. The molecule has 7 nitrogen and oxygen atoms in total. The van der Waals surface area contributed by atoms with Gasteiger partial charge in [-0.1, -0.05) is 29.8 Å². The normalized spacial score (nSPS) is 27.6. The average Bonchev–Trinajstić information content (AvgIpc) is 3.38. The van der Waals surface area contributed by atoms with Crippen LogP contribution < -0.4 is 5.32 Å². The summed E-state index contributed by atoms with van der Waals surface area (Å²) in [5.74, 6) is -2.07. The van der Waals surface area contributed by atoms with Gasteiger partial charge in [-0.05, 0) is 67.7 Å². The monoisotopic (exact) mass is 490 g/mol. The van der Waals surface area contributed by atoms with Crippen molar-refractivity contribution in [1.82, 2.24) is 4.90 Å². The molecule has 2 saturated carbocycles. The minimum Gasteiger partial charge on any atom is -0.454 e. The highest BCUT2D eigenvalue weighted by Crippen LogP contribution is 2.56. The van der Waals surface area contributed by atoms with Crippen molar-refractivity contribution in [3.8, 4) is 0 Å². The Balaban J connectivity index is 1.42. The fraction of sp³-hybridized carbons (Fsp3) is 0.565. The van der Waals surface area contributed by atoms with Crippen LogP contribution in [0.25, 0.3) is 0 Å². The van der Waals surface area contributed by atoms with Crippen LogP contribution in [0, 0.1) is 36.5 Å². The number of imide groups is 1. The molecule has 0 aromatic heterocycles. The fourth-order valence-corrected chi connectivity index (χ4v) is 6.03. The number of halogens is 1. The van der Waals surface area contributed by atoms with Crippen LogP contribution in [0.3, 0.4) is 0 Å². The highest BCUT2D eigenvalue weighted by Gasteiger charge is 2.62. The molecular weight excluding hydrogens is 464 g/mol. The van der Waals surface area contributed by atoms with Crippen molar-refractivity contribution in [2.45, 2.75) is 46.1 Å². The van der Waals surface area contributed by atoms with Gasteiger partial charge in [0.2, 0.25) is 11.8 Å². The number of likely N-dealkylation sites (tertiary alicyclic amines) is 1. The minimum absolute atomic E-state index is 0.243. The lowest BCUT2D eigenvalue weighted by atomic mass is 9.81. The van der Waals surface area contributed by atoms with E-state index < -0.39 is 24.5 Å². The second-order valence-electron chi connectivity index (χ2n) is 9.24. The number of carbonyl (C=O) groups excluding carboxylic acids is 4. The quantitative estimate of drug-likeness (QED) is 0.487. The van der Waals surface area contributed by atoms with Gasteiger partial charge in [0.1, 0.15) is 6.04 Å². The summed E-state index contributed by atoms with van der Waals surface area (Å²) in [6.45, 7) is 4.93. The van der Waals surface area contributed by atoms with Crippen molar-refractivity contribution in [3.63, 3.8) is 0 Å². The topological polar surface area (TPSA) is 92.8 Å². The van der Waals surface area contributed by atoms with Gasteiger partial charge in [0.25, 0.3) is 5.91 Å². The van der Waals surface area contributed by atoms with Crippen LogP contribution in [-0.4, -0.2) is 41.2 Å². The first-order valence-electron chi connectivity index (χ1n) is 10.8. The Bertz CT molecular complexity index is 918. The van der Waals surface area contributed by atoms with E-state index >= 15 is 0 Å². The van der Waals surface area contributed by atoms with Gasteiger partial charge >= 0.3 is 5.97 Å². The van der Waals surface area contributed by atoms with Crippen LogP contribution >= 0.6 is 15.9 Å². The number of benzene rings is 1. The number of nitrogens with one attached hydrogen (secondary N) is 1. The minimum atomic E-state index is -1.01. The van der Waals surface area contributed by atoms with Crippen LogP contribution in [0.15, 0.2) is 22.7 Å². The number of ether oxygens (including phenoxy) is 1. The SMILES string of the molecule is Cc1cc(Br)ccc1NC(=O)COC(=O)[C@H](C(C)C)N1C(=O)[C@H]2[C@H]3CC[C@@H](C3)[C@@H]2C1=O. The van der Waals surface area contributed by atoms with Crippen molar-refractivity contribution >= 4 is 45.3 Å². The molecule has 5 atom stereocenters. The molecule has 0 spiro atoms. The summed E-state index contributed by atoms with van der Waals surface area (Å²) < 4.78 is 6.15. The van der Waals surface area contributed by atoms with E-state index in [1.54, 1.807) is 26.0 Å². The molecule has 8 heteroatoms. The molecule has 4 rings (SSSR count). The molecule has 0 radical (unpaired) electrons. The van der Waals surface area contributed by atoms with Crippen LogP contribution in [0.5, 0.6) is 0 Å². The second-order valence-corrected chi connectivity index (χ2v) is 10.2. The second kappa shape index (κ2) is 8.37. The number of amides is 3. The first-order chi connectivity index (χ1) is 14.7. The van der Waals surface area contributed by atoms with E-state index in [1.807, 2.05) is 13.0 Å². The molecule has 1 N–H and O–H groups in total. The summed E-state index contributed by atoms with van der Waals surface area (Å²) in [4.78, 5) is 52.5. The van der Waals surface area contributed by atoms with Crippen LogP contribution in [-0.2, 0) is 23.9 Å². The predicted octanol–water partition coefficient (Wildman–Crippen LogP) is 3.29. The summed E-state index contributed by atoms with van der Waals surface area (Å²) in [6, 6.07) is 4.42. The molecule has 1 heterocycles. The van der Waals surface area contributed by atoms with E-state index in [4.69, 9.17) is 4.74 Å². The molecule has 2 aliphatic carbocycles. The number of rotatable bonds is 6. The Kier molecular flexibility index (Phi) is 5.94. The lowest BCUT2D eigenvalue weighted by Crippen LogP contribution is -2.50. The molecule has 3 fully saturated rings.